The Balaban J connectivity index is 1.63. The lowest BCUT2D eigenvalue weighted by Crippen LogP contribution is -2.38. The summed E-state index contributed by atoms with van der Waals surface area (Å²) in [7, 11) is 0. The molecule has 4 nitrogen and oxygen atoms in total. The van der Waals surface area contributed by atoms with Crippen LogP contribution in [0.5, 0.6) is 0 Å². The maximum Gasteiger partial charge on any atom is 0.223 e. The predicted molar refractivity (Wildman–Crippen MR) is 107 cm³/mol. The third kappa shape index (κ3) is 3.87. The fourth-order valence-corrected chi connectivity index (χ4v) is 3.47. The third-order valence-corrected chi connectivity index (χ3v) is 4.89. The Morgan fingerprint density at radius 2 is 1.81 bits per heavy atom. The van der Waals surface area contributed by atoms with Gasteiger partial charge in [-0.15, -0.1) is 0 Å². The summed E-state index contributed by atoms with van der Waals surface area (Å²) in [5.74, 6) is 0.628. The van der Waals surface area contributed by atoms with Crippen LogP contribution in [-0.4, -0.2) is 29.1 Å². The van der Waals surface area contributed by atoms with E-state index in [0.717, 1.165) is 42.8 Å². The first kappa shape index (κ1) is 17.0. The van der Waals surface area contributed by atoms with Crippen molar-refractivity contribution in [2.45, 2.75) is 18.9 Å². The van der Waals surface area contributed by atoms with Crippen LogP contribution in [0.2, 0.25) is 5.02 Å². The molecule has 0 amide bonds. The van der Waals surface area contributed by atoms with Crippen LogP contribution in [-0.2, 0) is 0 Å². The molecule has 0 unspecified atom stereocenters. The predicted octanol–water partition coefficient (Wildman–Crippen LogP) is 4.63. The molecule has 0 spiro atoms. The number of nitrogens with zero attached hydrogens (tertiary/aromatic N) is 2. The second-order valence-corrected chi connectivity index (χ2v) is 6.93. The molecule has 2 aromatic carbocycles. The van der Waals surface area contributed by atoms with Crippen LogP contribution < -0.4 is 10.6 Å². The summed E-state index contributed by atoms with van der Waals surface area (Å²) in [6.07, 6.45) is 3.96. The van der Waals surface area contributed by atoms with Gasteiger partial charge in [0.05, 0.1) is 16.9 Å². The number of piperidine rings is 1. The van der Waals surface area contributed by atoms with E-state index in [1.165, 1.54) is 5.56 Å². The van der Waals surface area contributed by atoms with Gasteiger partial charge in [0.15, 0.2) is 0 Å². The lowest BCUT2D eigenvalue weighted by Gasteiger charge is -2.23. The summed E-state index contributed by atoms with van der Waals surface area (Å²) in [5.41, 5.74) is 4.06. The Bertz CT molecular complexity index is 876. The molecule has 4 rings (SSSR count). The Morgan fingerprint density at radius 1 is 1.00 bits per heavy atom. The summed E-state index contributed by atoms with van der Waals surface area (Å²) in [6, 6.07) is 18.9. The van der Waals surface area contributed by atoms with Crippen molar-refractivity contribution in [2.24, 2.45) is 0 Å². The summed E-state index contributed by atoms with van der Waals surface area (Å²) in [6.45, 7) is 2.02. The Kier molecular flexibility index (Phi) is 5.14. The second kappa shape index (κ2) is 7.85. The normalized spacial score (nSPS) is 17.0. The first-order valence-electron chi connectivity index (χ1n) is 8.95. The molecule has 1 atom stereocenters. The first-order valence-corrected chi connectivity index (χ1v) is 9.33. The van der Waals surface area contributed by atoms with Crippen molar-refractivity contribution in [1.29, 1.82) is 0 Å². The quantitative estimate of drug-likeness (QED) is 0.708. The molecule has 1 aliphatic rings. The highest BCUT2D eigenvalue weighted by atomic mass is 35.5. The van der Waals surface area contributed by atoms with Gasteiger partial charge in [-0.25, -0.2) is 9.97 Å². The van der Waals surface area contributed by atoms with Gasteiger partial charge in [0.25, 0.3) is 0 Å². The highest BCUT2D eigenvalue weighted by Gasteiger charge is 2.15. The van der Waals surface area contributed by atoms with Gasteiger partial charge in [-0.1, -0.05) is 60.1 Å². The largest absolute Gasteiger partial charge is 0.350 e. The second-order valence-electron chi connectivity index (χ2n) is 6.52. The third-order valence-electron chi connectivity index (χ3n) is 4.62. The Hall–Kier alpha value is -2.43. The molecule has 0 bridgehead atoms. The zero-order valence-electron chi connectivity index (χ0n) is 14.5. The van der Waals surface area contributed by atoms with Crippen molar-refractivity contribution in [3.8, 4) is 22.4 Å². The zero-order chi connectivity index (χ0) is 17.8. The number of benzene rings is 2. The number of hydrogen-bond donors (Lipinski definition) is 2. The van der Waals surface area contributed by atoms with Crippen molar-refractivity contribution in [2.75, 3.05) is 18.4 Å². The van der Waals surface area contributed by atoms with Gasteiger partial charge in [-0.2, -0.15) is 0 Å². The lowest BCUT2D eigenvalue weighted by atomic mass is 10.0. The molecule has 0 saturated carbocycles. The molecule has 1 aromatic heterocycles. The molecular weight excluding hydrogens is 344 g/mol. The first-order chi connectivity index (χ1) is 12.8. The standard InChI is InChI=1S/C21H21ClN4/c22-19-14-24-21(25-18-10-5-11-23-13-18)26-20(19)17-9-4-8-16(12-17)15-6-2-1-3-7-15/h1-4,6-9,12,14,18,23H,5,10-11,13H2,(H,24,25,26)/t18-/m0/s1. The van der Waals surface area contributed by atoms with Crippen LogP contribution in [0.1, 0.15) is 12.8 Å². The smallest absolute Gasteiger partial charge is 0.223 e. The van der Waals surface area contributed by atoms with Crippen LogP contribution in [0.25, 0.3) is 22.4 Å². The molecule has 1 saturated heterocycles. The topological polar surface area (TPSA) is 49.8 Å². The van der Waals surface area contributed by atoms with Crippen molar-refractivity contribution in [3.05, 3.63) is 65.8 Å². The van der Waals surface area contributed by atoms with E-state index >= 15 is 0 Å². The minimum absolute atomic E-state index is 0.355. The summed E-state index contributed by atoms with van der Waals surface area (Å²) >= 11 is 6.41. The van der Waals surface area contributed by atoms with E-state index < -0.39 is 0 Å². The van der Waals surface area contributed by atoms with Gasteiger partial charge >= 0.3 is 0 Å². The zero-order valence-corrected chi connectivity index (χ0v) is 15.2. The van der Waals surface area contributed by atoms with E-state index in [1.54, 1.807) is 6.20 Å². The van der Waals surface area contributed by atoms with Crippen molar-refractivity contribution in [1.82, 2.24) is 15.3 Å². The molecule has 26 heavy (non-hydrogen) atoms. The minimum Gasteiger partial charge on any atom is -0.350 e. The van der Waals surface area contributed by atoms with Gasteiger partial charge in [0.2, 0.25) is 5.95 Å². The highest BCUT2D eigenvalue weighted by molar-refractivity contribution is 6.32. The summed E-state index contributed by atoms with van der Waals surface area (Å²) in [5, 5.41) is 7.37. The monoisotopic (exact) mass is 364 g/mol. The maximum absolute atomic E-state index is 6.41. The number of nitrogens with one attached hydrogen (secondary N) is 2. The fraction of sp³-hybridized carbons (Fsp3) is 0.238. The SMILES string of the molecule is Clc1cnc(N[C@H]2CCCNC2)nc1-c1cccc(-c2ccccc2)c1. The van der Waals surface area contributed by atoms with Crippen LogP contribution in [0.3, 0.4) is 0 Å². The fourth-order valence-electron chi connectivity index (χ4n) is 3.27. The van der Waals surface area contributed by atoms with Gasteiger partial charge < -0.3 is 10.6 Å². The Morgan fingerprint density at radius 3 is 2.62 bits per heavy atom. The maximum atomic E-state index is 6.41. The van der Waals surface area contributed by atoms with E-state index in [4.69, 9.17) is 11.6 Å². The van der Waals surface area contributed by atoms with Crippen molar-refractivity contribution >= 4 is 17.5 Å². The molecule has 132 valence electrons. The van der Waals surface area contributed by atoms with Crippen LogP contribution in [0, 0.1) is 0 Å². The van der Waals surface area contributed by atoms with Gasteiger partial charge in [-0.3, -0.25) is 0 Å². The lowest BCUT2D eigenvalue weighted by molar-refractivity contribution is 0.478. The Labute approximate surface area is 158 Å². The number of anilines is 1. The van der Waals surface area contributed by atoms with Crippen molar-refractivity contribution < 1.29 is 0 Å². The minimum atomic E-state index is 0.355. The molecule has 0 radical (unpaired) electrons. The van der Waals surface area contributed by atoms with Crippen LogP contribution in [0.4, 0.5) is 5.95 Å². The molecule has 2 heterocycles. The average molecular weight is 365 g/mol. The van der Waals surface area contributed by atoms with E-state index in [2.05, 4.69) is 44.9 Å². The number of hydrogen-bond acceptors (Lipinski definition) is 4. The number of rotatable bonds is 4. The molecule has 1 fully saturated rings. The number of halogens is 1. The van der Waals surface area contributed by atoms with Crippen LogP contribution >= 0.6 is 11.6 Å². The average Bonchev–Trinajstić information content (AvgIpc) is 2.71. The van der Waals surface area contributed by atoms with E-state index in [-0.39, 0.29) is 0 Å². The van der Waals surface area contributed by atoms with Gasteiger partial charge in [0, 0.05) is 18.2 Å². The molecule has 5 heteroatoms. The van der Waals surface area contributed by atoms with E-state index in [9.17, 15) is 0 Å². The molecule has 3 aromatic rings. The van der Waals surface area contributed by atoms with Crippen molar-refractivity contribution in [3.63, 3.8) is 0 Å². The van der Waals surface area contributed by atoms with Gasteiger partial charge in [-0.05, 0) is 36.6 Å². The molecule has 1 aliphatic heterocycles. The number of aromatic nitrogens is 2. The molecule has 2 N–H and O–H groups in total. The molecule has 0 aliphatic carbocycles. The summed E-state index contributed by atoms with van der Waals surface area (Å²) in [4.78, 5) is 9.05. The summed E-state index contributed by atoms with van der Waals surface area (Å²) < 4.78 is 0. The van der Waals surface area contributed by atoms with Gasteiger partial charge in [0.1, 0.15) is 0 Å². The van der Waals surface area contributed by atoms with E-state index in [0.29, 0.717) is 17.0 Å². The van der Waals surface area contributed by atoms with Crippen LogP contribution in [0.15, 0.2) is 60.8 Å². The molecular formula is C21H21ClN4. The highest BCUT2D eigenvalue weighted by Crippen LogP contribution is 2.30. The van der Waals surface area contributed by atoms with E-state index in [1.807, 2.05) is 30.3 Å².